The number of carbonyl (C=O) groups excluding carboxylic acids is 1. The van der Waals surface area contributed by atoms with Crippen molar-refractivity contribution < 1.29 is 14.3 Å². The topological polar surface area (TPSA) is 38.8 Å². The molecule has 1 heterocycles. The van der Waals surface area contributed by atoms with Crippen LogP contribution in [-0.4, -0.2) is 33.3 Å². The number of anilines is 1. The van der Waals surface area contributed by atoms with Gasteiger partial charge in [0.15, 0.2) is 0 Å². The Morgan fingerprint density at radius 3 is 2.44 bits per heavy atom. The van der Waals surface area contributed by atoms with Crippen LogP contribution in [0.3, 0.4) is 0 Å². The minimum absolute atomic E-state index is 0.0381. The number of aryl methyl sites for hydroxylation is 1. The van der Waals surface area contributed by atoms with E-state index < -0.39 is 0 Å². The second kappa shape index (κ2) is 8.59. The Labute approximate surface area is 152 Å². The average molecular weight is 347 g/mol. The quantitative estimate of drug-likeness (QED) is 0.713. The summed E-state index contributed by atoms with van der Waals surface area (Å²) >= 11 is 0. The third-order valence-corrected chi connectivity index (χ3v) is 5.04. The highest BCUT2D eigenvalue weighted by atomic mass is 16.5. The fourth-order valence-corrected chi connectivity index (χ4v) is 3.51. The van der Waals surface area contributed by atoms with Crippen LogP contribution in [0, 0.1) is 11.3 Å². The summed E-state index contributed by atoms with van der Waals surface area (Å²) in [7, 11) is 3.19. The smallest absolute Gasteiger partial charge is 0.308 e. The first kappa shape index (κ1) is 19.6. The van der Waals surface area contributed by atoms with E-state index in [1.165, 1.54) is 31.2 Å². The molecule has 0 unspecified atom stereocenters. The number of piperidine rings is 1. The Kier molecular flexibility index (Phi) is 6.74. The first-order valence-corrected chi connectivity index (χ1v) is 9.34. The first-order valence-electron chi connectivity index (χ1n) is 9.34. The van der Waals surface area contributed by atoms with Crippen molar-refractivity contribution in [3.8, 4) is 5.75 Å². The zero-order valence-electron chi connectivity index (χ0n) is 16.4. The first-order chi connectivity index (χ1) is 11.8. The number of methoxy groups -OCH3 is 2. The zero-order valence-corrected chi connectivity index (χ0v) is 16.4. The summed E-state index contributed by atoms with van der Waals surface area (Å²) in [6, 6.07) is 6.39. The normalized spacial score (nSPS) is 16.0. The lowest BCUT2D eigenvalue weighted by Gasteiger charge is -2.34. The summed E-state index contributed by atoms with van der Waals surface area (Å²) in [5, 5.41) is 0. The molecule has 0 atom stereocenters. The number of rotatable bonds is 6. The molecule has 140 valence electrons. The summed E-state index contributed by atoms with van der Waals surface area (Å²) in [6.07, 6.45) is 5.18. The van der Waals surface area contributed by atoms with Gasteiger partial charge in [-0.05, 0) is 49.1 Å². The van der Waals surface area contributed by atoms with Crippen LogP contribution >= 0.6 is 0 Å². The maximum Gasteiger partial charge on any atom is 0.308 e. The van der Waals surface area contributed by atoms with Crippen LogP contribution in [0.1, 0.15) is 52.0 Å². The summed E-state index contributed by atoms with van der Waals surface area (Å²) in [5.41, 5.74) is 3.00. The SMILES string of the molecule is COC(=O)C1CCN(c2cc(OC)ccc2CCCC(C)(C)C)CC1. The fourth-order valence-electron chi connectivity index (χ4n) is 3.51. The van der Waals surface area contributed by atoms with E-state index in [1.807, 2.05) is 0 Å². The molecule has 1 aliphatic rings. The molecule has 1 aromatic carbocycles. The van der Waals surface area contributed by atoms with Gasteiger partial charge in [0.05, 0.1) is 20.1 Å². The van der Waals surface area contributed by atoms with Crippen LogP contribution in [0.15, 0.2) is 18.2 Å². The molecular weight excluding hydrogens is 314 g/mol. The Hall–Kier alpha value is -1.71. The van der Waals surface area contributed by atoms with Crippen molar-refractivity contribution in [3.63, 3.8) is 0 Å². The van der Waals surface area contributed by atoms with Gasteiger partial charge < -0.3 is 14.4 Å². The molecule has 1 aromatic rings. The lowest BCUT2D eigenvalue weighted by molar-refractivity contribution is -0.146. The molecular formula is C21H33NO3. The number of hydrogen-bond donors (Lipinski definition) is 0. The highest BCUT2D eigenvalue weighted by Crippen LogP contribution is 2.32. The summed E-state index contributed by atoms with van der Waals surface area (Å²) in [6.45, 7) is 8.65. The molecule has 25 heavy (non-hydrogen) atoms. The highest BCUT2D eigenvalue weighted by Gasteiger charge is 2.26. The van der Waals surface area contributed by atoms with Gasteiger partial charge in [-0.15, -0.1) is 0 Å². The lowest BCUT2D eigenvalue weighted by atomic mass is 9.88. The van der Waals surface area contributed by atoms with E-state index >= 15 is 0 Å². The van der Waals surface area contributed by atoms with E-state index in [1.54, 1.807) is 7.11 Å². The highest BCUT2D eigenvalue weighted by molar-refractivity contribution is 5.72. The van der Waals surface area contributed by atoms with Crippen molar-refractivity contribution in [2.24, 2.45) is 11.3 Å². The molecule has 0 N–H and O–H groups in total. The second-order valence-corrected chi connectivity index (χ2v) is 8.19. The molecule has 0 radical (unpaired) electrons. The van der Waals surface area contributed by atoms with Gasteiger partial charge in [-0.1, -0.05) is 26.8 Å². The van der Waals surface area contributed by atoms with Gasteiger partial charge in [0.2, 0.25) is 0 Å². The minimum atomic E-state index is -0.0734. The number of nitrogens with zero attached hydrogens (tertiary/aromatic N) is 1. The van der Waals surface area contributed by atoms with Crippen molar-refractivity contribution in [1.29, 1.82) is 0 Å². The predicted molar refractivity (Wildman–Crippen MR) is 102 cm³/mol. The van der Waals surface area contributed by atoms with Gasteiger partial charge in [-0.3, -0.25) is 4.79 Å². The second-order valence-electron chi connectivity index (χ2n) is 8.19. The van der Waals surface area contributed by atoms with Crippen LogP contribution in [0.4, 0.5) is 5.69 Å². The van der Waals surface area contributed by atoms with E-state index in [9.17, 15) is 4.79 Å². The number of carbonyl (C=O) groups is 1. The van der Waals surface area contributed by atoms with Gasteiger partial charge in [0.25, 0.3) is 0 Å². The minimum Gasteiger partial charge on any atom is -0.497 e. The fraction of sp³-hybridized carbons (Fsp3) is 0.667. The molecule has 0 spiro atoms. The molecule has 0 aromatic heterocycles. The van der Waals surface area contributed by atoms with Crippen molar-refractivity contribution in [3.05, 3.63) is 23.8 Å². The standard InChI is InChI=1S/C21H33NO3/c1-21(2,3)12-6-7-16-8-9-18(24-4)15-19(16)22-13-10-17(11-14-22)20(23)25-5/h8-9,15,17H,6-7,10-14H2,1-5H3. The molecule has 2 rings (SSSR count). The molecule has 4 heteroatoms. The maximum absolute atomic E-state index is 11.8. The summed E-state index contributed by atoms with van der Waals surface area (Å²) in [5.74, 6) is 0.858. The Morgan fingerprint density at radius 2 is 1.88 bits per heavy atom. The van der Waals surface area contributed by atoms with Crippen LogP contribution < -0.4 is 9.64 Å². The maximum atomic E-state index is 11.8. The van der Waals surface area contributed by atoms with E-state index in [-0.39, 0.29) is 11.9 Å². The van der Waals surface area contributed by atoms with Crippen LogP contribution in [0.2, 0.25) is 0 Å². The van der Waals surface area contributed by atoms with Gasteiger partial charge in [0.1, 0.15) is 5.75 Å². The largest absolute Gasteiger partial charge is 0.497 e. The van der Waals surface area contributed by atoms with E-state index in [2.05, 4.69) is 43.9 Å². The van der Waals surface area contributed by atoms with E-state index in [0.29, 0.717) is 5.41 Å². The van der Waals surface area contributed by atoms with Crippen molar-refractivity contribution in [2.75, 3.05) is 32.2 Å². The molecule has 1 saturated heterocycles. The lowest BCUT2D eigenvalue weighted by Crippen LogP contribution is -2.37. The van der Waals surface area contributed by atoms with Gasteiger partial charge in [-0.2, -0.15) is 0 Å². The molecule has 0 saturated carbocycles. The van der Waals surface area contributed by atoms with Gasteiger partial charge in [0, 0.05) is 24.8 Å². The number of ether oxygens (including phenoxy) is 2. The Morgan fingerprint density at radius 1 is 1.20 bits per heavy atom. The van der Waals surface area contributed by atoms with Crippen LogP contribution in [-0.2, 0) is 16.0 Å². The number of hydrogen-bond acceptors (Lipinski definition) is 4. The zero-order chi connectivity index (χ0) is 18.4. The van der Waals surface area contributed by atoms with Crippen LogP contribution in [0.25, 0.3) is 0 Å². The van der Waals surface area contributed by atoms with Crippen LogP contribution in [0.5, 0.6) is 5.75 Å². The van der Waals surface area contributed by atoms with E-state index in [0.717, 1.165) is 38.1 Å². The number of esters is 1. The molecule has 0 bridgehead atoms. The average Bonchev–Trinajstić information content (AvgIpc) is 2.60. The Bertz CT molecular complexity index is 569. The third-order valence-electron chi connectivity index (χ3n) is 5.04. The predicted octanol–water partition coefficient (Wildman–Crippen LogP) is 4.45. The summed E-state index contributed by atoms with van der Waals surface area (Å²) < 4.78 is 10.3. The molecule has 1 fully saturated rings. The van der Waals surface area contributed by atoms with Crippen molar-refractivity contribution in [1.82, 2.24) is 0 Å². The Balaban J connectivity index is 2.08. The molecule has 1 aliphatic heterocycles. The van der Waals surface area contributed by atoms with Crippen molar-refractivity contribution in [2.45, 2.75) is 52.9 Å². The van der Waals surface area contributed by atoms with Crippen molar-refractivity contribution >= 4 is 11.7 Å². The third kappa shape index (κ3) is 5.65. The monoisotopic (exact) mass is 347 g/mol. The molecule has 0 amide bonds. The summed E-state index contributed by atoms with van der Waals surface area (Å²) in [4.78, 5) is 14.1. The van der Waals surface area contributed by atoms with E-state index in [4.69, 9.17) is 9.47 Å². The van der Waals surface area contributed by atoms with Gasteiger partial charge >= 0.3 is 5.97 Å². The number of benzene rings is 1. The molecule has 4 nitrogen and oxygen atoms in total. The van der Waals surface area contributed by atoms with Gasteiger partial charge in [-0.25, -0.2) is 0 Å². The molecule has 0 aliphatic carbocycles.